The van der Waals surface area contributed by atoms with Crippen LogP contribution >= 0.6 is 0 Å². The lowest BCUT2D eigenvalue weighted by Crippen LogP contribution is -2.10. The molecule has 3 rings (SSSR count). The minimum Gasteiger partial charge on any atom is -0.453 e. The number of H-pyrrole nitrogens is 1. The van der Waals surface area contributed by atoms with Crippen molar-refractivity contribution >= 4 is 16.9 Å². The summed E-state index contributed by atoms with van der Waals surface area (Å²) in [6.07, 6.45) is -0.306. The zero-order valence-electron chi connectivity index (χ0n) is 11.0. The van der Waals surface area contributed by atoms with Crippen LogP contribution in [0.15, 0.2) is 54.6 Å². The van der Waals surface area contributed by atoms with Crippen molar-refractivity contribution in [3.05, 3.63) is 65.9 Å². The average molecular weight is 266 g/mol. The molecular formula is C16H14N2O2. The highest BCUT2D eigenvalue weighted by Crippen LogP contribution is 2.21. The Morgan fingerprint density at radius 2 is 1.80 bits per heavy atom. The topological polar surface area (TPSA) is 55.0 Å². The first-order chi connectivity index (χ1) is 9.75. The van der Waals surface area contributed by atoms with E-state index in [1.165, 1.54) is 0 Å². The van der Waals surface area contributed by atoms with E-state index in [1.54, 1.807) is 0 Å². The van der Waals surface area contributed by atoms with Crippen molar-refractivity contribution in [3.63, 3.8) is 0 Å². The lowest BCUT2D eigenvalue weighted by molar-refractivity contribution is 0.0333. The van der Waals surface area contributed by atoms with Crippen LogP contribution in [0.2, 0.25) is 0 Å². The number of para-hydroxylation sites is 1. The molecule has 1 N–H and O–H groups in total. The van der Waals surface area contributed by atoms with Crippen LogP contribution in [0.5, 0.6) is 0 Å². The molecule has 0 radical (unpaired) electrons. The van der Waals surface area contributed by atoms with Crippen LogP contribution in [0.3, 0.4) is 0 Å². The number of nitrogens with zero attached hydrogens (tertiary/aromatic N) is 1. The summed E-state index contributed by atoms with van der Waals surface area (Å²) in [5.74, 6) is -0.418. The number of fused-ring (bicyclic) bond motifs is 1. The van der Waals surface area contributed by atoms with Crippen LogP contribution in [0.25, 0.3) is 10.9 Å². The molecule has 0 amide bonds. The van der Waals surface area contributed by atoms with Gasteiger partial charge in [0.25, 0.3) is 0 Å². The maximum Gasteiger partial charge on any atom is 0.360 e. The molecule has 0 aliphatic carbocycles. The van der Waals surface area contributed by atoms with Crippen molar-refractivity contribution in [3.8, 4) is 0 Å². The van der Waals surface area contributed by atoms with Crippen molar-refractivity contribution < 1.29 is 9.53 Å². The molecule has 1 atom stereocenters. The quantitative estimate of drug-likeness (QED) is 0.738. The van der Waals surface area contributed by atoms with Crippen LogP contribution < -0.4 is 0 Å². The Morgan fingerprint density at radius 3 is 2.60 bits per heavy atom. The van der Waals surface area contributed by atoms with E-state index in [0.29, 0.717) is 5.69 Å². The second-order valence-corrected chi connectivity index (χ2v) is 4.58. The number of carbonyl (C=O) groups is 1. The summed E-state index contributed by atoms with van der Waals surface area (Å²) in [4.78, 5) is 12.2. The Labute approximate surface area is 116 Å². The zero-order chi connectivity index (χ0) is 13.9. The molecule has 3 aromatic rings. The van der Waals surface area contributed by atoms with E-state index in [2.05, 4.69) is 10.2 Å². The molecule has 0 bridgehead atoms. The molecule has 0 aliphatic rings. The third kappa shape index (κ3) is 2.28. The molecule has 0 aliphatic heterocycles. The van der Waals surface area contributed by atoms with Gasteiger partial charge in [-0.1, -0.05) is 48.5 Å². The summed E-state index contributed by atoms with van der Waals surface area (Å²) in [6, 6.07) is 17.1. The molecule has 0 saturated carbocycles. The van der Waals surface area contributed by atoms with Crippen molar-refractivity contribution in [1.82, 2.24) is 10.2 Å². The van der Waals surface area contributed by atoms with Crippen LogP contribution in [0, 0.1) is 0 Å². The Balaban J connectivity index is 1.83. The fourth-order valence-corrected chi connectivity index (χ4v) is 2.13. The van der Waals surface area contributed by atoms with Crippen LogP contribution in [-0.2, 0) is 4.74 Å². The summed E-state index contributed by atoms with van der Waals surface area (Å²) in [7, 11) is 0. The molecule has 100 valence electrons. The first-order valence-corrected chi connectivity index (χ1v) is 6.45. The van der Waals surface area contributed by atoms with Gasteiger partial charge < -0.3 is 4.74 Å². The largest absolute Gasteiger partial charge is 0.453 e. The van der Waals surface area contributed by atoms with Gasteiger partial charge >= 0.3 is 5.97 Å². The minimum atomic E-state index is -0.418. The first-order valence-electron chi connectivity index (χ1n) is 6.45. The highest BCUT2D eigenvalue weighted by atomic mass is 16.5. The monoisotopic (exact) mass is 266 g/mol. The van der Waals surface area contributed by atoms with Gasteiger partial charge in [-0.3, -0.25) is 5.10 Å². The molecule has 0 spiro atoms. The third-order valence-electron chi connectivity index (χ3n) is 3.22. The standard InChI is InChI=1S/C16H14N2O2/c1-11(12-7-3-2-4-8-12)20-16(19)15-13-9-5-6-10-14(13)17-18-15/h2-11H,1H3,(H,17,18)/t11-/m0/s1. The van der Waals surface area contributed by atoms with Crippen molar-refractivity contribution in [2.45, 2.75) is 13.0 Å². The summed E-state index contributed by atoms with van der Waals surface area (Å²) < 4.78 is 5.47. The van der Waals surface area contributed by atoms with Gasteiger partial charge in [-0.2, -0.15) is 5.10 Å². The fraction of sp³-hybridized carbons (Fsp3) is 0.125. The molecular weight excluding hydrogens is 252 g/mol. The number of rotatable bonds is 3. The summed E-state index contributed by atoms with van der Waals surface area (Å²) in [5.41, 5.74) is 2.11. The van der Waals surface area contributed by atoms with Gasteiger partial charge in [-0.25, -0.2) is 4.79 Å². The molecule has 20 heavy (non-hydrogen) atoms. The number of aromatic nitrogens is 2. The maximum absolute atomic E-state index is 12.2. The number of nitrogens with one attached hydrogen (secondary N) is 1. The number of aromatic amines is 1. The SMILES string of the molecule is C[C@H](OC(=O)c1n[nH]c2ccccc12)c1ccccc1. The lowest BCUT2D eigenvalue weighted by atomic mass is 10.1. The highest BCUT2D eigenvalue weighted by Gasteiger charge is 2.18. The molecule has 0 saturated heterocycles. The van der Waals surface area contributed by atoms with Gasteiger partial charge in [0.05, 0.1) is 5.52 Å². The number of carbonyl (C=O) groups excluding carboxylic acids is 1. The van der Waals surface area contributed by atoms with E-state index in [4.69, 9.17) is 4.74 Å². The summed E-state index contributed by atoms with van der Waals surface area (Å²) in [6.45, 7) is 1.85. The first kappa shape index (κ1) is 12.4. The fourth-order valence-electron chi connectivity index (χ4n) is 2.13. The van der Waals surface area contributed by atoms with Gasteiger partial charge in [0.2, 0.25) is 0 Å². The van der Waals surface area contributed by atoms with Gasteiger partial charge in [-0.15, -0.1) is 0 Å². The molecule has 4 nitrogen and oxygen atoms in total. The average Bonchev–Trinajstić information content (AvgIpc) is 2.92. The molecule has 1 aromatic heterocycles. The molecule has 0 fully saturated rings. The van der Waals surface area contributed by atoms with E-state index < -0.39 is 5.97 Å². The van der Waals surface area contributed by atoms with Gasteiger partial charge in [0.15, 0.2) is 5.69 Å². The Kier molecular flexibility index (Phi) is 3.21. The molecule has 4 heteroatoms. The number of hydrogen-bond acceptors (Lipinski definition) is 3. The van der Waals surface area contributed by atoms with Crippen molar-refractivity contribution in [2.75, 3.05) is 0 Å². The third-order valence-corrected chi connectivity index (χ3v) is 3.22. The predicted molar refractivity (Wildman–Crippen MR) is 76.4 cm³/mol. The number of hydrogen-bond donors (Lipinski definition) is 1. The second-order valence-electron chi connectivity index (χ2n) is 4.58. The number of benzene rings is 2. The van der Waals surface area contributed by atoms with Crippen LogP contribution in [0.4, 0.5) is 0 Å². The summed E-state index contributed by atoms with van der Waals surface area (Å²) in [5, 5.41) is 7.65. The smallest absolute Gasteiger partial charge is 0.360 e. The second kappa shape index (κ2) is 5.17. The predicted octanol–water partition coefficient (Wildman–Crippen LogP) is 3.48. The highest BCUT2D eigenvalue weighted by molar-refractivity contribution is 6.01. The van der Waals surface area contributed by atoms with Crippen molar-refractivity contribution in [1.29, 1.82) is 0 Å². The molecule has 1 heterocycles. The van der Waals surface area contributed by atoms with E-state index in [-0.39, 0.29) is 6.10 Å². The normalized spacial score (nSPS) is 12.2. The van der Waals surface area contributed by atoms with E-state index in [0.717, 1.165) is 16.5 Å². The number of ether oxygens (including phenoxy) is 1. The van der Waals surface area contributed by atoms with Gasteiger partial charge in [0.1, 0.15) is 6.10 Å². The van der Waals surface area contributed by atoms with Crippen LogP contribution in [-0.4, -0.2) is 16.2 Å². The summed E-state index contributed by atoms with van der Waals surface area (Å²) >= 11 is 0. The molecule has 0 unspecified atom stereocenters. The Bertz CT molecular complexity index is 734. The van der Waals surface area contributed by atoms with Crippen LogP contribution in [0.1, 0.15) is 29.1 Å². The van der Waals surface area contributed by atoms with Crippen molar-refractivity contribution in [2.24, 2.45) is 0 Å². The lowest BCUT2D eigenvalue weighted by Gasteiger charge is -2.12. The van der Waals surface area contributed by atoms with Gasteiger partial charge in [0, 0.05) is 5.39 Å². The Hall–Kier alpha value is -2.62. The molecule has 2 aromatic carbocycles. The van der Waals surface area contributed by atoms with E-state index in [1.807, 2.05) is 61.5 Å². The minimum absolute atomic E-state index is 0.306. The van der Waals surface area contributed by atoms with E-state index >= 15 is 0 Å². The Morgan fingerprint density at radius 1 is 1.10 bits per heavy atom. The number of esters is 1. The maximum atomic E-state index is 12.2. The van der Waals surface area contributed by atoms with Gasteiger partial charge in [-0.05, 0) is 18.6 Å². The zero-order valence-corrected chi connectivity index (χ0v) is 11.0. The van der Waals surface area contributed by atoms with E-state index in [9.17, 15) is 4.79 Å².